The van der Waals surface area contributed by atoms with Gasteiger partial charge < -0.3 is 0 Å². The molecule has 0 nitrogen and oxygen atoms in total. The van der Waals surface area contributed by atoms with Gasteiger partial charge in [0.2, 0.25) is 0 Å². The Bertz CT molecular complexity index is 472. The van der Waals surface area contributed by atoms with Crippen molar-refractivity contribution < 1.29 is 0 Å². The Morgan fingerprint density at radius 1 is 0.688 bits per heavy atom. The summed E-state index contributed by atoms with van der Waals surface area (Å²) in [6, 6.07) is 15.0. The summed E-state index contributed by atoms with van der Waals surface area (Å²) < 4.78 is 0. The maximum absolute atomic E-state index is 2.22. The van der Waals surface area contributed by atoms with Gasteiger partial charge in [-0.15, -0.1) is 12.4 Å². The van der Waals surface area contributed by atoms with Gasteiger partial charge >= 0.3 is 0 Å². The maximum atomic E-state index is 2.22. The Labute approximate surface area is 104 Å². The van der Waals surface area contributed by atoms with Crippen LogP contribution < -0.4 is 0 Å². The summed E-state index contributed by atoms with van der Waals surface area (Å²) in [5, 5.41) is 0. The minimum absolute atomic E-state index is 0. The predicted octanol–water partition coefficient (Wildman–Crippen LogP) is 4.70. The molecule has 0 saturated heterocycles. The van der Waals surface area contributed by atoms with E-state index in [1.165, 1.54) is 27.8 Å². The van der Waals surface area contributed by atoms with E-state index in [1.807, 2.05) is 0 Å². The predicted molar refractivity (Wildman–Crippen MR) is 73.3 cm³/mol. The van der Waals surface area contributed by atoms with Crippen LogP contribution in [0.3, 0.4) is 0 Å². The number of hydrogen-bond acceptors (Lipinski definition) is 0. The number of benzene rings is 2. The Kier molecular flexibility index (Phi) is 4.14. The summed E-state index contributed by atoms with van der Waals surface area (Å²) in [4.78, 5) is 0. The molecule has 0 aliphatic carbocycles. The summed E-state index contributed by atoms with van der Waals surface area (Å²) in [5.74, 6) is 0. The largest absolute Gasteiger partial charge is 0.147 e. The van der Waals surface area contributed by atoms with E-state index in [4.69, 9.17) is 0 Å². The first-order valence-electron chi connectivity index (χ1n) is 5.32. The second-order valence-electron chi connectivity index (χ2n) is 4.05. The molecular weight excluding hydrogens is 216 g/mol. The quantitative estimate of drug-likeness (QED) is 0.669. The molecule has 0 atom stereocenters. The second-order valence-corrected chi connectivity index (χ2v) is 4.05. The van der Waals surface area contributed by atoms with Crippen LogP contribution in [0.15, 0.2) is 42.5 Å². The van der Waals surface area contributed by atoms with Gasteiger partial charge in [0.15, 0.2) is 0 Å². The van der Waals surface area contributed by atoms with Crippen LogP contribution in [0.5, 0.6) is 0 Å². The summed E-state index contributed by atoms with van der Waals surface area (Å²) in [6.45, 7) is 6.55. The Hall–Kier alpha value is -1.27. The molecular formula is C15H17Cl. The van der Waals surface area contributed by atoms with Crippen molar-refractivity contribution in [2.45, 2.75) is 20.8 Å². The number of rotatable bonds is 1. The van der Waals surface area contributed by atoms with Crippen molar-refractivity contribution in [3.05, 3.63) is 59.2 Å². The van der Waals surface area contributed by atoms with Crippen molar-refractivity contribution in [1.29, 1.82) is 0 Å². The first kappa shape index (κ1) is 12.8. The zero-order valence-corrected chi connectivity index (χ0v) is 10.8. The van der Waals surface area contributed by atoms with Crippen molar-refractivity contribution in [2.75, 3.05) is 0 Å². The van der Waals surface area contributed by atoms with Crippen molar-refractivity contribution in [3.63, 3.8) is 0 Å². The van der Waals surface area contributed by atoms with Crippen LogP contribution in [0.25, 0.3) is 11.1 Å². The van der Waals surface area contributed by atoms with Gasteiger partial charge in [-0.2, -0.15) is 0 Å². The van der Waals surface area contributed by atoms with Crippen LogP contribution in [0, 0.1) is 20.8 Å². The van der Waals surface area contributed by atoms with Crippen LogP contribution in [-0.4, -0.2) is 0 Å². The third kappa shape index (κ3) is 2.28. The molecule has 0 aliphatic rings. The van der Waals surface area contributed by atoms with Crippen molar-refractivity contribution in [2.24, 2.45) is 0 Å². The molecule has 84 valence electrons. The number of aryl methyl sites for hydroxylation is 1. The van der Waals surface area contributed by atoms with Crippen LogP contribution in [0.1, 0.15) is 16.7 Å². The van der Waals surface area contributed by atoms with Crippen LogP contribution >= 0.6 is 12.4 Å². The number of hydrogen-bond donors (Lipinski definition) is 0. The van der Waals surface area contributed by atoms with Gasteiger partial charge in [-0.05, 0) is 48.6 Å². The number of halogens is 1. The van der Waals surface area contributed by atoms with Crippen molar-refractivity contribution in [3.8, 4) is 11.1 Å². The highest BCUT2D eigenvalue weighted by molar-refractivity contribution is 5.85. The van der Waals surface area contributed by atoms with E-state index in [-0.39, 0.29) is 12.4 Å². The second kappa shape index (κ2) is 5.18. The molecule has 0 fully saturated rings. The molecule has 2 rings (SSSR count). The Balaban J connectivity index is 0.00000128. The van der Waals surface area contributed by atoms with E-state index in [2.05, 4.69) is 63.2 Å². The Morgan fingerprint density at radius 3 is 1.94 bits per heavy atom. The zero-order chi connectivity index (χ0) is 10.8. The van der Waals surface area contributed by atoms with Crippen molar-refractivity contribution in [1.82, 2.24) is 0 Å². The van der Waals surface area contributed by atoms with Gasteiger partial charge in [0.05, 0.1) is 0 Å². The topological polar surface area (TPSA) is 0 Å². The summed E-state index contributed by atoms with van der Waals surface area (Å²) >= 11 is 0. The molecule has 0 heterocycles. The fourth-order valence-electron chi connectivity index (χ4n) is 1.89. The van der Waals surface area contributed by atoms with Gasteiger partial charge in [-0.25, -0.2) is 0 Å². The lowest BCUT2D eigenvalue weighted by Crippen LogP contribution is -1.90. The van der Waals surface area contributed by atoms with E-state index in [0.29, 0.717) is 0 Å². The van der Waals surface area contributed by atoms with Crippen LogP contribution in [0.2, 0.25) is 0 Å². The zero-order valence-electron chi connectivity index (χ0n) is 9.95. The smallest absolute Gasteiger partial charge is 0.0152 e. The molecule has 0 aromatic heterocycles. The minimum atomic E-state index is 0. The van der Waals surface area contributed by atoms with E-state index in [1.54, 1.807) is 0 Å². The summed E-state index contributed by atoms with van der Waals surface area (Å²) in [7, 11) is 0. The summed E-state index contributed by atoms with van der Waals surface area (Å²) in [6.07, 6.45) is 0. The highest BCUT2D eigenvalue weighted by atomic mass is 35.5. The molecule has 0 aliphatic heterocycles. The molecule has 2 aromatic carbocycles. The lowest BCUT2D eigenvalue weighted by atomic mass is 9.94. The van der Waals surface area contributed by atoms with Crippen LogP contribution in [-0.2, 0) is 0 Å². The van der Waals surface area contributed by atoms with E-state index < -0.39 is 0 Å². The van der Waals surface area contributed by atoms with Gasteiger partial charge in [0.1, 0.15) is 0 Å². The van der Waals surface area contributed by atoms with Gasteiger partial charge in [-0.1, -0.05) is 42.5 Å². The molecule has 0 amide bonds. The first-order chi connectivity index (χ1) is 7.20. The summed E-state index contributed by atoms with van der Waals surface area (Å²) in [5.41, 5.74) is 6.81. The fourth-order valence-corrected chi connectivity index (χ4v) is 1.89. The lowest BCUT2D eigenvalue weighted by Gasteiger charge is -2.11. The van der Waals surface area contributed by atoms with E-state index >= 15 is 0 Å². The lowest BCUT2D eigenvalue weighted by molar-refractivity contribution is 1.27. The molecule has 0 spiro atoms. The molecule has 16 heavy (non-hydrogen) atoms. The third-order valence-electron chi connectivity index (χ3n) is 3.14. The van der Waals surface area contributed by atoms with Gasteiger partial charge in [-0.3, -0.25) is 0 Å². The normalized spacial score (nSPS) is 9.69. The van der Waals surface area contributed by atoms with Crippen molar-refractivity contribution >= 4 is 12.4 Å². The SMILES string of the molecule is Cc1ccc(-c2ccccc2)c(C)c1C.Cl. The maximum Gasteiger partial charge on any atom is -0.0152 e. The van der Waals surface area contributed by atoms with E-state index in [0.717, 1.165) is 0 Å². The minimum Gasteiger partial charge on any atom is -0.147 e. The molecule has 0 radical (unpaired) electrons. The highest BCUT2D eigenvalue weighted by Gasteiger charge is 2.04. The first-order valence-corrected chi connectivity index (χ1v) is 5.32. The third-order valence-corrected chi connectivity index (χ3v) is 3.14. The van der Waals surface area contributed by atoms with Crippen LogP contribution in [0.4, 0.5) is 0 Å². The Morgan fingerprint density at radius 2 is 1.31 bits per heavy atom. The van der Waals surface area contributed by atoms with Gasteiger partial charge in [0.25, 0.3) is 0 Å². The molecule has 0 unspecified atom stereocenters. The molecule has 2 aromatic rings. The van der Waals surface area contributed by atoms with E-state index in [9.17, 15) is 0 Å². The monoisotopic (exact) mass is 232 g/mol. The average Bonchev–Trinajstić information content (AvgIpc) is 2.27. The standard InChI is InChI=1S/C15H16.ClH/c1-11-9-10-15(13(3)12(11)2)14-7-5-4-6-8-14;/h4-10H,1-3H3;1H. The molecule has 1 heteroatoms. The van der Waals surface area contributed by atoms with Gasteiger partial charge in [0, 0.05) is 0 Å². The average molecular weight is 233 g/mol. The molecule has 0 bridgehead atoms. The molecule has 0 N–H and O–H groups in total. The molecule has 0 saturated carbocycles. The fraction of sp³-hybridized carbons (Fsp3) is 0.200. The highest BCUT2D eigenvalue weighted by Crippen LogP contribution is 2.26.